The van der Waals surface area contributed by atoms with Crippen LogP contribution in [0, 0.1) is 35.6 Å². The maximum Gasteiger partial charge on any atom is 0.337 e. The molecule has 5 heteroatoms. The second-order valence-electron chi connectivity index (χ2n) is 1.78. The summed E-state index contributed by atoms with van der Waals surface area (Å²) in [6.45, 7) is 0. The fourth-order valence-electron chi connectivity index (χ4n) is 0.532. The first kappa shape index (κ1) is 10.6. The summed E-state index contributed by atoms with van der Waals surface area (Å²) >= 11 is 0. The predicted molar refractivity (Wildman–Crippen MR) is 35.6 cm³/mol. The number of carboxylic acids is 1. The number of hydrogen-bond donors (Lipinski definition) is 2. The molecule has 1 aromatic heterocycles. The molecule has 0 aliphatic carbocycles. The van der Waals surface area contributed by atoms with Gasteiger partial charge < -0.3 is 10.8 Å². The van der Waals surface area contributed by atoms with Crippen molar-refractivity contribution < 1.29 is 45.5 Å². The Balaban J connectivity index is 0.000001000. The molecule has 1 rings (SSSR count). The summed E-state index contributed by atoms with van der Waals surface area (Å²) in [6.07, 6.45) is 1.22. The van der Waals surface area contributed by atoms with Gasteiger partial charge in [-0.3, -0.25) is 0 Å². The molecule has 11 heavy (non-hydrogen) atoms. The minimum atomic E-state index is -0.993. The van der Waals surface area contributed by atoms with E-state index in [0.29, 0.717) is 5.82 Å². The number of carboxylic acid groups (broad SMARTS) is 1. The molecular weight excluding hydrogens is 271 g/mol. The largest absolute Gasteiger partial charge is 0.478 e. The van der Waals surface area contributed by atoms with Crippen molar-refractivity contribution in [3.05, 3.63) is 23.9 Å². The zero-order valence-corrected chi connectivity index (χ0v) is 9.32. The van der Waals surface area contributed by atoms with Crippen molar-refractivity contribution in [3.8, 4) is 0 Å². The average molecular weight is 277 g/mol. The monoisotopic (exact) mass is 277 g/mol. The van der Waals surface area contributed by atoms with Gasteiger partial charge in [0.15, 0.2) is 0 Å². The van der Waals surface area contributed by atoms with Gasteiger partial charge in [-0.25, -0.2) is 9.78 Å². The summed E-state index contributed by atoms with van der Waals surface area (Å²) in [6, 6.07) is 2.86. The van der Waals surface area contributed by atoms with E-state index in [4.69, 9.17) is 10.8 Å². The van der Waals surface area contributed by atoms with Crippen LogP contribution in [-0.2, 0) is 0 Å². The Morgan fingerprint density at radius 2 is 2.18 bits per heavy atom. The van der Waals surface area contributed by atoms with Gasteiger partial charge in [0.25, 0.3) is 0 Å². The van der Waals surface area contributed by atoms with Crippen LogP contribution in [0.15, 0.2) is 18.3 Å². The third-order valence-corrected chi connectivity index (χ3v) is 1.03. The summed E-state index contributed by atoms with van der Waals surface area (Å²) in [5, 5.41) is 8.39. The molecule has 0 saturated carbocycles. The van der Waals surface area contributed by atoms with Gasteiger partial charge in [-0.15, -0.1) is 0 Å². The van der Waals surface area contributed by atoms with Crippen LogP contribution >= 0.6 is 0 Å². The zero-order chi connectivity index (χ0) is 7.56. The van der Waals surface area contributed by atoms with E-state index in [2.05, 4.69) is 4.98 Å². The minimum absolute atomic E-state index is 0. The third kappa shape index (κ3) is 3.01. The number of hydrogen-bond acceptors (Lipinski definition) is 3. The van der Waals surface area contributed by atoms with E-state index in [1.165, 1.54) is 18.3 Å². The molecule has 0 unspecified atom stereocenters. The summed E-state index contributed by atoms with van der Waals surface area (Å²) in [7, 11) is 0. The van der Waals surface area contributed by atoms with E-state index >= 15 is 0 Å². The van der Waals surface area contributed by atoms with E-state index in [1.807, 2.05) is 0 Å². The molecule has 0 aliphatic rings. The molecule has 1 heterocycles. The molecule has 0 fully saturated rings. The van der Waals surface area contributed by atoms with Crippen molar-refractivity contribution in [1.29, 1.82) is 0 Å². The number of pyridine rings is 1. The van der Waals surface area contributed by atoms with Gasteiger partial charge in [-0.05, 0) is 12.1 Å². The van der Waals surface area contributed by atoms with Crippen molar-refractivity contribution in [2.45, 2.75) is 0 Å². The van der Waals surface area contributed by atoms with E-state index in [9.17, 15) is 4.79 Å². The van der Waals surface area contributed by atoms with Gasteiger partial charge >= 0.3 is 5.97 Å². The van der Waals surface area contributed by atoms with Gasteiger partial charge in [0.2, 0.25) is 0 Å². The Morgan fingerprint density at radius 1 is 1.55 bits per heavy atom. The van der Waals surface area contributed by atoms with E-state index in [-0.39, 0.29) is 41.2 Å². The molecule has 0 amide bonds. The minimum Gasteiger partial charge on any atom is -0.478 e. The van der Waals surface area contributed by atoms with Gasteiger partial charge in [0.1, 0.15) is 5.82 Å². The maximum absolute atomic E-state index is 10.2. The molecule has 0 aliphatic heterocycles. The molecule has 4 nitrogen and oxygen atoms in total. The van der Waals surface area contributed by atoms with Gasteiger partial charge in [-0.2, -0.15) is 0 Å². The number of nitrogens with zero attached hydrogens (tertiary/aromatic N) is 1. The van der Waals surface area contributed by atoms with Crippen molar-refractivity contribution in [2.24, 2.45) is 0 Å². The molecule has 0 aromatic carbocycles. The maximum atomic E-state index is 10.2. The second-order valence-corrected chi connectivity index (χ2v) is 1.78. The number of aromatic carboxylic acids is 1. The molecule has 0 bridgehead atoms. The van der Waals surface area contributed by atoms with Crippen molar-refractivity contribution in [3.63, 3.8) is 0 Å². The SMILES string of the molecule is Nc1ccc(C(=O)O)cn1.[La]. The molecule has 1 radical (unpaired) electrons. The number of aromatic nitrogens is 1. The zero-order valence-electron chi connectivity index (χ0n) is 5.69. The smallest absolute Gasteiger partial charge is 0.337 e. The van der Waals surface area contributed by atoms with E-state index < -0.39 is 5.97 Å². The average Bonchev–Trinajstić information content (AvgIpc) is 1.88. The van der Waals surface area contributed by atoms with Crippen molar-refractivity contribution in [2.75, 3.05) is 5.73 Å². The molecule has 0 spiro atoms. The molecule has 3 N–H and O–H groups in total. The molecular formula is C6H6LaN2O2. The van der Waals surface area contributed by atoms with Crippen LogP contribution in [0.4, 0.5) is 5.82 Å². The summed E-state index contributed by atoms with van der Waals surface area (Å²) in [4.78, 5) is 13.8. The van der Waals surface area contributed by atoms with Crippen LogP contribution in [0.2, 0.25) is 0 Å². The Hall–Kier alpha value is -0.385. The van der Waals surface area contributed by atoms with Gasteiger partial charge in [0, 0.05) is 41.8 Å². The van der Waals surface area contributed by atoms with Gasteiger partial charge in [0.05, 0.1) is 5.56 Å². The first-order valence-electron chi connectivity index (χ1n) is 2.65. The number of anilines is 1. The third-order valence-electron chi connectivity index (χ3n) is 1.03. The van der Waals surface area contributed by atoms with Crippen LogP contribution in [0.3, 0.4) is 0 Å². The summed E-state index contributed by atoms with van der Waals surface area (Å²) in [5.41, 5.74) is 5.37. The van der Waals surface area contributed by atoms with Crippen LogP contribution in [0.1, 0.15) is 10.4 Å². The van der Waals surface area contributed by atoms with E-state index in [0.717, 1.165) is 0 Å². The Kier molecular flexibility index (Phi) is 4.33. The number of nitrogen functional groups attached to an aromatic ring is 1. The van der Waals surface area contributed by atoms with Crippen LogP contribution in [0.5, 0.6) is 0 Å². The van der Waals surface area contributed by atoms with Crippen molar-refractivity contribution in [1.82, 2.24) is 4.98 Å². The number of nitrogens with two attached hydrogens (primary N) is 1. The standard InChI is InChI=1S/C6H6N2O2.La/c7-5-2-1-4(3-8-5)6(9)10;/h1-3H,(H2,7,8)(H,9,10);. The molecule has 0 saturated heterocycles. The normalized spacial score (nSPS) is 8.36. The van der Waals surface area contributed by atoms with E-state index in [1.54, 1.807) is 0 Å². The fourth-order valence-corrected chi connectivity index (χ4v) is 0.532. The van der Waals surface area contributed by atoms with Crippen LogP contribution in [-0.4, -0.2) is 16.1 Å². The fraction of sp³-hybridized carbons (Fsp3) is 0. The number of rotatable bonds is 1. The van der Waals surface area contributed by atoms with Gasteiger partial charge in [-0.1, -0.05) is 0 Å². The van der Waals surface area contributed by atoms with Crippen LogP contribution in [0.25, 0.3) is 0 Å². The molecule has 55 valence electrons. The molecule has 1 aromatic rings. The summed E-state index contributed by atoms with van der Waals surface area (Å²) < 4.78 is 0. The summed E-state index contributed by atoms with van der Waals surface area (Å²) in [5.74, 6) is -0.669. The Labute approximate surface area is 91.4 Å². The van der Waals surface area contributed by atoms with Crippen molar-refractivity contribution >= 4 is 11.8 Å². The Morgan fingerprint density at radius 3 is 2.55 bits per heavy atom. The predicted octanol–water partition coefficient (Wildman–Crippen LogP) is 0.362. The van der Waals surface area contributed by atoms with Crippen LogP contribution < -0.4 is 5.73 Å². The number of carbonyl (C=O) groups is 1. The molecule has 0 atom stereocenters. The Bertz CT molecular complexity index is 247. The quantitative estimate of drug-likeness (QED) is 0.777. The first-order valence-corrected chi connectivity index (χ1v) is 2.65. The first-order chi connectivity index (χ1) is 4.70. The second kappa shape index (κ2) is 4.48. The topological polar surface area (TPSA) is 76.2 Å².